The summed E-state index contributed by atoms with van der Waals surface area (Å²) in [5.41, 5.74) is 3.13. The molecule has 1 aromatic heterocycles. The average Bonchev–Trinajstić information content (AvgIpc) is 3.20. The van der Waals surface area contributed by atoms with Gasteiger partial charge in [0.15, 0.2) is 0 Å². The molecule has 1 saturated heterocycles. The van der Waals surface area contributed by atoms with Crippen molar-refractivity contribution in [2.45, 2.75) is 32.2 Å². The Balaban J connectivity index is 1.21. The van der Waals surface area contributed by atoms with Gasteiger partial charge in [-0.2, -0.15) is 0 Å². The van der Waals surface area contributed by atoms with Crippen molar-refractivity contribution in [1.82, 2.24) is 9.47 Å². The van der Waals surface area contributed by atoms with E-state index in [4.69, 9.17) is 0 Å². The zero-order valence-corrected chi connectivity index (χ0v) is 16.0. The van der Waals surface area contributed by atoms with Crippen LogP contribution in [-0.4, -0.2) is 28.5 Å². The van der Waals surface area contributed by atoms with Crippen molar-refractivity contribution in [1.29, 1.82) is 0 Å². The third-order valence-electron chi connectivity index (χ3n) is 6.44. The van der Waals surface area contributed by atoms with Crippen LogP contribution in [0.1, 0.15) is 35.3 Å². The summed E-state index contributed by atoms with van der Waals surface area (Å²) in [6.45, 7) is 3.21. The highest BCUT2D eigenvalue weighted by atomic mass is 19.1. The van der Waals surface area contributed by atoms with Gasteiger partial charge in [-0.1, -0.05) is 30.3 Å². The molecule has 2 aromatic carbocycles. The van der Waals surface area contributed by atoms with Crippen LogP contribution in [0.5, 0.6) is 0 Å². The highest BCUT2D eigenvalue weighted by molar-refractivity contribution is 5.97. The number of aromatic nitrogens is 1. The van der Waals surface area contributed by atoms with Crippen LogP contribution in [0.4, 0.5) is 4.39 Å². The summed E-state index contributed by atoms with van der Waals surface area (Å²) in [6.07, 6.45) is 4.05. The van der Waals surface area contributed by atoms with E-state index in [-0.39, 0.29) is 17.6 Å². The first-order chi connectivity index (χ1) is 13.7. The summed E-state index contributed by atoms with van der Waals surface area (Å²) in [6, 6.07) is 17.4. The molecular formula is C24H25FN2O. The highest BCUT2D eigenvalue weighted by Crippen LogP contribution is 2.34. The minimum Gasteiger partial charge on any atom is -0.299 e. The Kier molecular flexibility index (Phi) is 4.52. The first-order valence-electron chi connectivity index (χ1n) is 10.3. The van der Waals surface area contributed by atoms with Crippen LogP contribution >= 0.6 is 0 Å². The maximum Gasteiger partial charge on any atom is 0.234 e. The Morgan fingerprint density at radius 3 is 2.57 bits per heavy atom. The third kappa shape index (κ3) is 3.26. The monoisotopic (exact) mass is 376 g/mol. The number of piperidine rings is 1. The number of nitrogens with zero attached hydrogens (tertiary/aromatic N) is 2. The minimum absolute atomic E-state index is 0.0494. The van der Waals surface area contributed by atoms with E-state index in [0.717, 1.165) is 61.9 Å². The van der Waals surface area contributed by atoms with Gasteiger partial charge in [-0.25, -0.2) is 4.39 Å². The minimum atomic E-state index is -0.282. The first kappa shape index (κ1) is 17.6. The Morgan fingerprint density at radius 1 is 1.00 bits per heavy atom. The molecule has 0 aliphatic carbocycles. The maximum atomic E-state index is 13.6. The molecule has 4 heteroatoms. The van der Waals surface area contributed by atoms with Gasteiger partial charge >= 0.3 is 0 Å². The van der Waals surface area contributed by atoms with Gasteiger partial charge in [0.1, 0.15) is 5.82 Å². The zero-order valence-electron chi connectivity index (χ0n) is 16.0. The Bertz CT molecular complexity index is 1000. The van der Waals surface area contributed by atoms with E-state index in [1.165, 1.54) is 17.7 Å². The molecule has 1 fully saturated rings. The summed E-state index contributed by atoms with van der Waals surface area (Å²) >= 11 is 0. The number of halogens is 1. The largest absolute Gasteiger partial charge is 0.299 e. The molecule has 1 unspecified atom stereocenters. The lowest BCUT2D eigenvalue weighted by Crippen LogP contribution is -2.34. The van der Waals surface area contributed by atoms with E-state index in [2.05, 4.69) is 41.3 Å². The lowest BCUT2D eigenvalue weighted by atomic mass is 9.85. The van der Waals surface area contributed by atoms with E-state index in [0.29, 0.717) is 5.92 Å². The molecule has 3 heterocycles. The number of benzene rings is 2. The van der Waals surface area contributed by atoms with Crippen molar-refractivity contribution in [3.63, 3.8) is 0 Å². The van der Waals surface area contributed by atoms with Crippen molar-refractivity contribution in [2.24, 2.45) is 11.8 Å². The standard InChI is InChI=1S/C24H25FN2O/c25-21-7-6-19-13-22-14-20(24(28)27(22)23(19)15-21)12-17-8-10-26(11-9-17)16-18-4-2-1-3-5-18/h1-7,13,15,17,20H,8-12,14,16H2. The summed E-state index contributed by atoms with van der Waals surface area (Å²) in [5.74, 6) is 0.527. The van der Waals surface area contributed by atoms with E-state index >= 15 is 0 Å². The fraction of sp³-hybridized carbons (Fsp3) is 0.375. The molecule has 28 heavy (non-hydrogen) atoms. The second-order valence-electron chi connectivity index (χ2n) is 8.35. The molecule has 3 nitrogen and oxygen atoms in total. The van der Waals surface area contributed by atoms with Gasteiger partial charge in [-0.3, -0.25) is 14.3 Å². The Labute approximate surface area is 164 Å². The molecule has 1 atom stereocenters. The van der Waals surface area contributed by atoms with Gasteiger partial charge < -0.3 is 0 Å². The molecule has 0 radical (unpaired) electrons. The van der Waals surface area contributed by atoms with Gasteiger partial charge in [-0.05, 0) is 74.5 Å². The number of hydrogen-bond donors (Lipinski definition) is 0. The highest BCUT2D eigenvalue weighted by Gasteiger charge is 2.34. The topological polar surface area (TPSA) is 25.2 Å². The molecule has 0 saturated carbocycles. The molecule has 0 bridgehead atoms. The van der Waals surface area contributed by atoms with E-state index in [1.54, 1.807) is 10.6 Å². The van der Waals surface area contributed by atoms with Crippen LogP contribution in [0.2, 0.25) is 0 Å². The first-order valence-corrected chi connectivity index (χ1v) is 10.3. The van der Waals surface area contributed by atoms with Crippen LogP contribution in [0.25, 0.3) is 10.9 Å². The molecule has 3 aromatic rings. The maximum absolute atomic E-state index is 13.6. The van der Waals surface area contributed by atoms with Crippen LogP contribution in [0, 0.1) is 17.7 Å². The van der Waals surface area contributed by atoms with E-state index < -0.39 is 0 Å². The van der Waals surface area contributed by atoms with Crippen molar-refractivity contribution < 1.29 is 9.18 Å². The number of hydrogen-bond acceptors (Lipinski definition) is 2. The van der Waals surface area contributed by atoms with E-state index in [9.17, 15) is 9.18 Å². The summed E-state index contributed by atoms with van der Waals surface area (Å²) < 4.78 is 15.4. The summed E-state index contributed by atoms with van der Waals surface area (Å²) in [4.78, 5) is 15.5. The molecule has 0 spiro atoms. The van der Waals surface area contributed by atoms with E-state index in [1.807, 2.05) is 0 Å². The lowest BCUT2D eigenvalue weighted by Gasteiger charge is -2.32. The number of rotatable bonds is 4. The summed E-state index contributed by atoms with van der Waals surface area (Å²) in [7, 11) is 0. The molecule has 0 amide bonds. The second kappa shape index (κ2) is 7.17. The molecule has 2 aliphatic rings. The molecule has 2 aliphatic heterocycles. The van der Waals surface area contributed by atoms with Gasteiger partial charge in [0.2, 0.25) is 5.91 Å². The number of fused-ring (bicyclic) bond motifs is 3. The Morgan fingerprint density at radius 2 is 1.79 bits per heavy atom. The summed E-state index contributed by atoms with van der Waals surface area (Å²) in [5, 5.41) is 0.956. The normalized spacial score (nSPS) is 20.8. The number of carbonyl (C=O) groups is 1. The quantitative estimate of drug-likeness (QED) is 0.647. The van der Waals surface area contributed by atoms with Crippen LogP contribution in [0.3, 0.4) is 0 Å². The predicted octanol–water partition coefficient (Wildman–Crippen LogP) is 4.90. The fourth-order valence-electron chi connectivity index (χ4n) is 4.97. The SMILES string of the molecule is O=C1C(CC2CCN(Cc3ccccc3)CC2)Cc2cc3ccc(F)cc3n21. The van der Waals surface area contributed by atoms with Crippen molar-refractivity contribution in [3.8, 4) is 0 Å². The predicted molar refractivity (Wildman–Crippen MR) is 109 cm³/mol. The van der Waals surface area contributed by atoms with Gasteiger partial charge in [0, 0.05) is 23.5 Å². The number of likely N-dealkylation sites (tertiary alicyclic amines) is 1. The van der Waals surface area contributed by atoms with Crippen LogP contribution < -0.4 is 0 Å². The fourth-order valence-corrected chi connectivity index (χ4v) is 4.97. The average molecular weight is 376 g/mol. The molecule has 0 N–H and O–H groups in total. The second-order valence-corrected chi connectivity index (χ2v) is 8.35. The molecule has 144 valence electrons. The van der Waals surface area contributed by atoms with Crippen molar-refractivity contribution in [2.75, 3.05) is 13.1 Å². The molecule has 5 rings (SSSR count). The van der Waals surface area contributed by atoms with Crippen molar-refractivity contribution in [3.05, 3.63) is 71.7 Å². The molecular weight excluding hydrogens is 351 g/mol. The Hall–Kier alpha value is -2.46. The van der Waals surface area contributed by atoms with Crippen LogP contribution in [0.15, 0.2) is 54.6 Å². The van der Waals surface area contributed by atoms with Crippen molar-refractivity contribution >= 4 is 16.8 Å². The smallest absolute Gasteiger partial charge is 0.234 e. The van der Waals surface area contributed by atoms with Crippen LogP contribution in [-0.2, 0) is 13.0 Å². The van der Waals surface area contributed by atoms with Gasteiger partial charge in [0.25, 0.3) is 0 Å². The number of carbonyl (C=O) groups excluding carboxylic acids is 1. The van der Waals surface area contributed by atoms with Gasteiger partial charge in [0.05, 0.1) is 5.52 Å². The lowest BCUT2D eigenvalue weighted by molar-refractivity contribution is 0.0830. The zero-order chi connectivity index (χ0) is 19.1. The third-order valence-corrected chi connectivity index (χ3v) is 6.44. The van der Waals surface area contributed by atoms with Gasteiger partial charge in [-0.15, -0.1) is 0 Å².